The van der Waals surface area contributed by atoms with E-state index >= 15 is 0 Å². The number of hydrogen-bond donors (Lipinski definition) is 1. The molecular formula is C19H21N3O2. The predicted molar refractivity (Wildman–Crippen MR) is 90.4 cm³/mol. The van der Waals surface area contributed by atoms with E-state index in [-0.39, 0.29) is 11.9 Å². The molecule has 1 atom stereocenters. The second kappa shape index (κ2) is 7.80. The second-order valence-corrected chi connectivity index (χ2v) is 6.03. The van der Waals surface area contributed by atoms with Crippen molar-refractivity contribution in [3.8, 4) is 6.07 Å². The molecule has 2 heterocycles. The monoisotopic (exact) mass is 323 g/mol. The maximum Gasteiger partial charge on any atom is 0.251 e. The van der Waals surface area contributed by atoms with Crippen LogP contribution in [0.4, 0.5) is 0 Å². The minimum absolute atomic E-state index is 0.0448. The van der Waals surface area contributed by atoms with Crippen LogP contribution < -0.4 is 5.32 Å². The number of amides is 1. The number of nitriles is 1. The first-order chi connectivity index (χ1) is 11.8. The van der Waals surface area contributed by atoms with Crippen LogP contribution >= 0.6 is 0 Å². The Morgan fingerprint density at radius 3 is 2.79 bits per heavy atom. The summed E-state index contributed by atoms with van der Waals surface area (Å²) in [6.45, 7) is 2.53. The Morgan fingerprint density at radius 2 is 2.08 bits per heavy atom. The number of likely N-dealkylation sites (tertiary alicyclic amines) is 1. The molecule has 1 aliphatic rings. The molecule has 1 aromatic carbocycles. The van der Waals surface area contributed by atoms with Gasteiger partial charge in [0.15, 0.2) is 0 Å². The number of benzene rings is 1. The number of nitrogens with zero attached hydrogens (tertiary/aromatic N) is 2. The van der Waals surface area contributed by atoms with Crippen molar-refractivity contribution in [1.82, 2.24) is 10.2 Å². The SMILES string of the molecule is N#Cc1cccc(C(=O)NCC(c2ccco2)N2CCCCC2)c1. The van der Waals surface area contributed by atoms with E-state index < -0.39 is 0 Å². The highest BCUT2D eigenvalue weighted by atomic mass is 16.3. The summed E-state index contributed by atoms with van der Waals surface area (Å²) in [7, 11) is 0. The number of rotatable bonds is 5. The van der Waals surface area contributed by atoms with E-state index in [1.165, 1.54) is 19.3 Å². The van der Waals surface area contributed by atoms with Crippen molar-refractivity contribution in [3.05, 3.63) is 59.5 Å². The third-order valence-electron chi connectivity index (χ3n) is 4.41. The Kier molecular flexibility index (Phi) is 5.29. The Balaban J connectivity index is 1.68. The van der Waals surface area contributed by atoms with Crippen LogP contribution in [0.3, 0.4) is 0 Å². The zero-order valence-electron chi connectivity index (χ0n) is 13.6. The maximum atomic E-state index is 12.4. The minimum Gasteiger partial charge on any atom is -0.468 e. The number of carbonyl (C=O) groups excluding carboxylic acids is 1. The molecule has 0 bridgehead atoms. The van der Waals surface area contributed by atoms with Gasteiger partial charge in [-0.1, -0.05) is 12.5 Å². The van der Waals surface area contributed by atoms with Gasteiger partial charge in [-0.05, 0) is 56.3 Å². The van der Waals surface area contributed by atoms with E-state index in [9.17, 15) is 4.79 Å². The standard InChI is InChI=1S/C19H21N3O2/c20-13-15-6-4-7-16(12-15)19(23)21-14-17(18-8-5-11-24-18)22-9-2-1-3-10-22/h4-8,11-12,17H,1-3,9-10,14H2,(H,21,23). The van der Waals surface area contributed by atoms with Gasteiger partial charge in [0.05, 0.1) is 23.9 Å². The van der Waals surface area contributed by atoms with Gasteiger partial charge in [0.2, 0.25) is 0 Å². The van der Waals surface area contributed by atoms with Crippen LogP contribution in [-0.4, -0.2) is 30.4 Å². The van der Waals surface area contributed by atoms with Crippen LogP contribution in [0.1, 0.15) is 47.0 Å². The smallest absolute Gasteiger partial charge is 0.251 e. The molecule has 0 radical (unpaired) electrons. The van der Waals surface area contributed by atoms with Gasteiger partial charge in [-0.3, -0.25) is 9.69 Å². The molecule has 5 nitrogen and oxygen atoms in total. The Morgan fingerprint density at radius 1 is 1.25 bits per heavy atom. The summed E-state index contributed by atoms with van der Waals surface area (Å²) in [5.41, 5.74) is 0.993. The van der Waals surface area contributed by atoms with Crippen LogP contribution in [0.2, 0.25) is 0 Å². The molecule has 1 unspecified atom stereocenters. The molecule has 24 heavy (non-hydrogen) atoms. The molecule has 124 valence electrons. The van der Waals surface area contributed by atoms with Crippen LogP contribution in [0.5, 0.6) is 0 Å². The molecule has 1 amide bonds. The lowest BCUT2D eigenvalue weighted by Crippen LogP contribution is -2.40. The van der Waals surface area contributed by atoms with Gasteiger partial charge in [0.25, 0.3) is 5.91 Å². The fraction of sp³-hybridized carbons (Fsp3) is 0.368. The summed E-state index contributed by atoms with van der Waals surface area (Å²) in [6.07, 6.45) is 5.28. The van der Waals surface area contributed by atoms with Crippen molar-refractivity contribution in [2.45, 2.75) is 25.3 Å². The van der Waals surface area contributed by atoms with Gasteiger partial charge in [0, 0.05) is 12.1 Å². The van der Waals surface area contributed by atoms with Crippen LogP contribution in [0.25, 0.3) is 0 Å². The van der Waals surface area contributed by atoms with Gasteiger partial charge in [-0.2, -0.15) is 5.26 Å². The van der Waals surface area contributed by atoms with E-state index in [0.717, 1.165) is 18.8 Å². The average molecular weight is 323 g/mol. The molecule has 1 N–H and O–H groups in total. The fourth-order valence-electron chi connectivity index (χ4n) is 3.14. The number of hydrogen-bond acceptors (Lipinski definition) is 4. The first-order valence-electron chi connectivity index (χ1n) is 8.34. The summed E-state index contributed by atoms with van der Waals surface area (Å²) < 4.78 is 5.59. The summed E-state index contributed by atoms with van der Waals surface area (Å²) in [5, 5.41) is 11.9. The van der Waals surface area contributed by atoms with Gasteiger partial charge in [0.1, 0.15) is 5.76 Å². The van der Waals surface area contributed by atoms with Gasteiger partial charge < -0.3 is 9.73 Å². The molecule has 5 heteroatoms. The fourth-order valence-corrected chi connectivity index (χ4v) is 3.14. The third kappa shape index (κ3) is 3.84. The van der Waals surface area contributed by atoms with Crippen molar-refractivity contribution >= 4 is 5.91 Å². The second-order valence-electron chi connectivity index (χ2n) is 6.03. The minimum atomic E-state index is -0.166. The van der Waals surface area contributed by atoms with E-state index in [0.29, 0.717) is 17.7 Å². The highest BCUT2D eigenvalue weighted by Crippen LogP contribution is 2.24. The maximum absolute atomic E-state index is 12.4. The van der Waals surface area contributed by atoms with Crippen molar-refractivity contribution < 1.29 is 9.21 Å². The first kappa shape index (κ1) is 16.3. The molecule has 1 aromatic heterocycles. The highest BCUT2D eigenvalue weighted by Gasteiger charge is 2.25. The van der Waals surface area contributed by atoms with E-state index in [2.05, 4.69) is 16.3 Å². The molecule has 1 aliphatic heterocycles. The topological polar surface area (TPSA) is 69.3 Å². The van der Waals surface area contributed by atoms with E-state index in [1.54, 1.807) is 30.5 Å². The highest BCUT2D eigenvalue weighted by molar-refractivity contribution is 5.94. The van der Waals surface area contributed by atoms with Crippen molar-refractivity contribution in [3.63, 3.8) is 0 Å². The zero-order chi connectivity index (χ0) is 16.8. The van der Waals surface area contributed by atoms with Crippen molar-refractivity contribution in [1.29, 1.82) is 5.26 Å². The van der Waals surface area contributed by atoms with E-state index in [4.69, 9.17) is 9.68 Å². The molecule has 3 rings (SSSR count). The number of piperidine rings is 1. The molecule has 1 fully saturated rings. The lowest BCUT2D eigenvalue weighted by atomic mass is 10.1. The Hall–Kier alpha value is -2.58. The molecule has 0 aliphatic carbocycles. The quantitative estimate of drug-likeness (QED) is 0.918. The molecule has 2 aromatic rings. The molecule has 0 spiro atoms. The summed E-state index contributed by atoms with van der Waals surface area (Å²) in [6, 6.07) is 12.7. The van der Waals surface area contributed by atoms with Gasteiger partial charge in [-0.25, -0.2) is 0 Å². The zero-order valence-corrected chi connectivity index (χ0v) is 13.6. The summed E-state index contributed by atoms with van der Waals surface area (Å²) in [5.74, 6) is 0.712. The van der Waals surface area contributed by atoms with Gasteiger partial charge in [-0.15, -0.1) is 0 Å². The molecule has 0 saturated carbocycles. The Bertz CT molecular complexity index is 712. The summed E-state index contributed by atoms with van der Waals surface area (Å²) in [4.78, 5) is 14.8. The lowest BCUT2D eigenvalue weighted by Gasteiger charge is -2.33. The first-order valence-corrected chi connectivity index (χ1v) is 8.34. The normalized spacial score (nSPS) is 16.3. The van der Waals surface area contributed by atoms with Gasteiger partial charge >= 0.3 is 0 Å². The Labute approximate surface area is 141 Å². The predicted octanol–water partition coefficient (Wildman–Crippen LogP) is 3.11. The van der Waals surface area contributed by atoms with Crippen LogP contribution in [0, 0.1) is 11.3 Å². The van der Waals surface area contributed by atoms with Crippen molar-refractivity contribution in [2.24, 2.45) is 0 Å². The van der Waals surface area contributed by atoms with Crippen LogP contribution in [-0.2, 0) is 0 Å². The van der Waals surface area contributed by atoms with E-state index in [1.807, 2.05) is 12.1 Å². The summed E-state index contributed by atoms with van der Waals surface area (Å²) >= 11 is 0. The number of carbonyl (C=O) groups is 1. The number of furan rings is 1. The lowest BCUT2D eigenvalue weighted by molar-refractivity contribution is 0.0914. The van der Waals surface area contributed by atoms with Crippen LogP contribution in [0.15, 0.2) is 47.1 Å². The third-order valence-corrected chi connectivity index (χ3v) is 4.41. The largest absolute Gasteiger partial charge is 0.468 e. The number of nitrogens with one attached hydrogen (secondary N) is 1. The molecular weight excluding hydrogens is 302 g/mol. The van der Waals surface area contributed by atoms with Crippen molar-refractivity contribution in [2.75, 3.05) is 19.6 Å². The average Bonchev–Trinajstić information content (AvgIpc) is 3.17. The molecule has 1 saturated heterocycles.